The Morgan fingerprint density at radius 2 is 1.57 bits per heavy atom. The zero-order valence-corrected chi connectivity index (χ0v) is 37.1. The molecule has 0 bridgehead atoms. The minimum Gasteiger partial charge on any atom is -0.396 e. The second kappa shape index (κ2) is 19.2. The number of ketones is 2. The summed E-state index contributed by atoms with van der Waals surface area (Å²) in [5, 5.41) is 105. The van der Waals surface area contributed by atoms with E-state index < -0.39 is 111 Å². The first-order valence-electron chi connectivity index (χ1n) is 23.0. The summed E-state index contributed by atoms with van der Waals surface area (Å²) in [6, 6.07) is 0. The van der Waals surface area contributed by atoms with Gasteiger partial charge in [-0.05, 0) is 86.4 Å². The van der Waals surface area contributed by atoms with Gasteiger partial charge in [0.05, 0.1) is 32.0 Å². The predicted octanol–water partition coefficient (Wildman–Crippen LogP) is -0.779. The van der Waals surface area contributed by atoms with Crippen LogP contribution in [0, 0.1) is 46.3 Å². The van der Waals surface area contributed by atoms with Gasteiger partial charge in [0.1, 0.15) is 72.1 Å². The first kappa shape index (κ1) is 49.3. The van der Waals surface area contributed by atoms with Crippen LogP contribution in [0.2, 0.25) is 0 Å². The summed E-state index contributed by atoms with van der Waals surface area (Å²) < 4.78 is 35.8. The second-order valence-electron chi connectivity index (χ2n) is 20.5. The first-order valence-corrected chi connectivity index (χ1v) is 23.0. The second-order valence-corrected chi connectivity index (χ2v) is 20.5. The number of allylic oxidation sites excluding steroid dienone is 1. The molecule has 18 heteroatoms. The van der Waals surface area contributed by atoms with Gasteiger partial charge in [-0.1, -0.05) is 39.3 Å². The van der Waals surface area contributed by atoms with E-state index in [1.807, 2.05) is 13.8 Å². The first-order chi connectivity index (χ1) is 29.7. The highest BCUT2D eigenvalue weighted by Crippen LogP contribution is 2.66. The summed E-state index contributed by atoms with van der Waals surface area (Å²) in [6.45, 7) is 8.24. The van der Waals surface area contributed by atoms with E-state index in [0.717, 1.165) is 25.7 Å². The van der Waals surface area contributed by atoms with Gasteiger partial charge in [0.15, 0.2) is 18.9 Å². The number of hydrogen-bond donors (Lipinski definition) is 10. The van der Waals surface area contributed by atoms with Crippen LogP contribution in [0.1, 0.15) is 92.4 Å². The lowest BCUT2D eigenvalue weighted by Crippen LogP contribution is -2.70. The van der Waals surface area contributed by atoms with Crippen LogP contribution < -0.4 is 0 Å². The topological polar surface area (TPSA) is 292 Å². The Hall–Kier alpha value is -1.56. The van der Waals surface area contributed by atoms with Gasteiger partial charge >= 0.3 is 0 Å². The number of aliphatic hydroxyl groups is 10. The van der Waals surface area contributed by atoms with E-state index in [-0.39, 0.29) is 58.6 Å². The van der Waals surface area contributed by atoms with Crippen molar-refractivity contribution in [2.45, 2.75) is 184 Å². The van der Waals surface area contributed by atoms with E-state index in [1.54, 1.807) is 0 Å². The third-order valence-electron chi connectivity index (χ3n) is 16.7. The molecular formula is C45H72O18. The van der Waals surface area contributed by atoms with Crippen molar-refractivity contribution in [3.63, 3.8) is 0 Å². The van der Waals surface area contributed by atoms with Crippen LogP contribution in [-0.4, -0.2) is 181 Å². The molecule has 360 valence electrons. The average molecular weight is 901 g/mol. The van der Waals surface area contributed by atoms with E-state index in [0.29, 0.717) is 38.0 Å². The molecule has 3 saturated heterocycles. The van der Waals surface area contributed by atoms with Crippen molar-refractivity contribution >= 4 is 11.6 Å². The molecule has 63 heavy (non-hydrogen) atoms. The number of hydrogen-bond acceptors (Lipinski definition) is 18. The van der Waals surface area contributed by atoms with Gasteiger partial charge in [0.2, 0.25) is 0 Å². The Kier molecular flexibility index (Phi) is 15.0. The summed E-state index contributed by atoms with van der Waals surface area (Å²) >= 11 is 0. The molecule has 0 amide bonds. The lowest BCUT2D eigenvalue weighted by molar-refractivity contribution is -0.396. The summed E-state index contributed by atoms with van der Waals surface area (Å²) in [7, 11) is 0. The smallest absolute Gasteiger partial charge is 0.190 e. The van der Waals surface area contributed by atoms with Gasteiger partial charge in [-0.2, -0.15) is 0 Å². The molecule has 0 aromatic carbocycles. The molecule has 0 radical (unpaired) electrons. The SMILES string of the molecule is CC(CO)CCC(=O)C(C)C1C(=O)CC2C3CC=C4CC(OCC5(OC6OC(O)C(O)C(O)C6O)COC(CO)C(OC6OC(C)C(O)C(O)C6O)C5O)CCC4(C)C3CCC21C. The highest BCUT2D eigenvalue weighted by atomic mass is 16.8. The molecule has 7 rings (SSSR count). The highest BCUT2D eigenvalue weighted by molar-refractivity contribution is 5.92. The zero-order valence-electron chi connectivity index (χ0n) is 37.1. The maximum atomic E-state index is 13.8. The molecule has 0 spiro atoms. The fourth-order valence-electron chi connectivity index (χ4n) is 12.6. The minimum atomic E-state index is -1.99. The lowest BCUT2D eigenvalue weighted by Gasteiger charge is -2.58. The van der Waals surface area contributed by atoms with E-state index >= 15 is 0 Å². The molecule has 18 nitrogen and oxygen atoms in total. The van der Waals surface area contributed by atoms with Crippen LogP contribution in [-0.2, 0) is 38.0 Å². The van der Waals surface area contributed by atoms with Crippen LogP contribution >= 0.6 is 0 Å². The fraction of sp³-hybridized carbons (Fsp3) is 0.911. The fourth-order valence-corrected chi connectivity index (χ4v) is 12.6. The molecule has 10 N–H and O–H groups in total. The van der Waals surface area contributed by atoms with Gasteiger partial charge in [-0.25, -0.2) is 0 Å². The number of Topliss-reactive ketones (excluding diaryl/α,β-unsaturated/α-hetero) is 2. The van der Waals surface area contributed by atoms with Crippen molar-refractivity contribution < 1.29 is 89.1 Å². The normalized spacial score (nSPS) is 49.9. The average Bonchev–Trinajstić information content (AvgIpc) is 3.54. The van der Waals surface area contributed by atoms with Crippen molar-refractivity contribution in [1.82, 2.24) is 0 Å². The van der Waals surface area contributed by atoms with Crippen molar-refractivity contribution in [2.75, 3.05) is 26.4 Å². The van der Waals surface area contributed by atoms with Gasteiger partial charge in [-0.15, -0.1) is 0 Å². The molecule has 6 fully saturated rings. The van der Waals surface area contributed by atoms with Gasteiger partial charge < -0.3 is 79.5 Å². The molecule has 3 aliphatic heterocycles. The summed E-state index contributed by atoms with van der Waals surface area (Å²) in [5.41, 5.74) is -1.22. The molecule has 0 aromatic heterocycles. The van der Waals surface area contributed by atoms with Crippen LogP contribution in [0.25, 0.3) is 0 Å². The largest absolute Gasteiger partial charge is 0.396 e. The summed E-state index contributed by atoms with van der Waals surface area (Å²) in [5.74, 6) is 0.332. The van der Waals surface area contributed by atoms with E-state index in [1.165, 1.54) is 12.5 Å². The van der Waals surface area contributed by atoms with Gasteiger partial charge in [0.25, 0.3) is 0 Å². The van der Waals surface area contributed by atoms with Crippen molar-refractivity contribution in [3.05, 3.63) is 11.6 Å². The van der Waals surface area contributed by atoms with Crippen LogP contribution in [0.5, 0.6) is 0 Å². The Bertz CT molecular complexity index is 1650. The molecule has 3 heterocycles. The van der Waals surface area contributed by atoms with E-state index in [2.05, 4.69) is 19.9 Å². The van der Waals surface area contributed by atoms with Gasteiger partial charge in [0, 0.05) is 31.3 Å². The number of fused-ring (bicyclic) bond motifs is 5. The molecule has 4 aliphatic carbocycles. The van der Waals surface area contributed by atoms with Crippen molar-refractivity contribution in [2.24, 2.45) is 46.3 Å². The maximum absolute atomic E-state index is 13.8. The van der Waals surface area contributed by atoms with Crippen LogP contribution in [0.4, 0.5) is 0 Å². The Morgan fingerprint density at radius 3 is 2.27 bits per heavy atom. The number of ether oxygens (including phenoxy) is 6. The van der Waals surface area contributed by atoms with Crippen LogP contribution in [0.3, 0.4) is 0 Å². The van der Waals surface area contributed by atoms with Crippen molar-refractivity contribution in [1.29, 1.82) is 0 Å². The summed E-state index contributed by atoms with van der Waals surface area (Å²) in [4.78, 5) is 27.2. The lowest BCUT2D eigenvalue weighted by atomic mass is 9.47. The monoisotopic (exact) mass is 900 g/mol. The molecule has 23 atom stereocenters. The highest BCUT2D eigenvalue weighted by Gasteiger charge is 2.63. The Morgan fingerprint density at radius 1 is 0.873 bits per heavy atom. The number of carbonyl (C=O) groups excluding carboxylic acids is 2. The standard InChI is InChI=1S/C45H72O18/c1-20(16-46)6-9-28(48)21(2)31-29(49)15-27-25-8-7-23-14-24(10-12-43(23,4)26(25)11-13-44(27,31)5)58-18-45(63-42-37(55)34(52)35(53)40(57)62-42)19-59-30(17-47)38(39(45)56)61-41-36(54)33(51)32(50)22(3)60-41/h7,20-22,24-27,30-42,46-47,50-57H,6,8-19H2,1-5H3. The third kappa shape index (κ3) is 9.00. The van der Waals surface area contributed by atoms with E-state index in [4.69, 9.17) is 28.4 Å². The van der Waals surface area contributed by atoms with Gasteiger partial charge in [-0.3, -0.25) is 9.59 Å². The van der Waals surface area contributed by atoms with E-state index in [9.17, 15) is 60.7 Å². The number of aliphatic hydroxyl groups excluding tert-OH is 10. The third-order valence-corrected chi connectivity index (χ3v) is 16.7. The molecular weight excluding hydrogens is 828 g/mol. The van der Waals surface area contributed by atoms with Crippen molar-refractivity contribution in [3.8, 4) is 0 Å². The quantitative estimate of drug-likeness (QED) is 0.0957. The maximum Gasteiger partial charge on any atom is 0.190 e. The zero-order chi connectivity index (χ0) is 45.9. The molecule has 0 aromatic rings. The Labute approximate surface area is 368 Å². The molecule has 23 unspecified atom stereocenters. The molecule has 7 aliphatic rings. The Balaban J connectivity index is 1.08. The molecule has 3 saturated carbocycles. The minimum absolute atomic E-state index is 0.0247. The number of rotatable bonds is 14. The number of carbonyl (C=O) groups is 2. The summed E-state index contributed by atoms with van der Waals surface area (Å²) in [6.07, 6.45) is -13.8. The predicted molar refractivity (Wildman–Crippen MR) is 218 cm³/mol. The van der Waals surface area contributed by atoms with Crippen LogP contribution in [0.15, 0.2) is 11.6 Å².